The Hall–Kier alpha value is -2.64. The van der Waals surface area contributed by atoms with Gasteiger partial charge in [-0.25, -0.2) is 9.29 Å². The highest BCUT2D eigenvalue weighted by molar-refractivity contribution is 7.80. The minimum absolute atomic E-state index is 0.0973. The largest absolute Gasteiger partial charge is 0.489 e. The van der Waals surface area contributed by atoms with Crippen molar-refractivity contribution in [2.75, 3.05) is 18.1 Å². The average molecular weight is 405 g/mol. The van der Waals surface area contributed by atoms with Gasteiger partial charge in [0.05, 0.1) is 23.9 Å². The minimum Gasteiger partial charge on any atom is -0.489 e. The van der Waals surface area contributed by atoms with E-state index in [4.69, 9.17) is 33.3 Å². The van der Waals surface area contributed by atoms with Crippen molar-refractivity contribution < 1.29 is 18.7 Å². The van der Waals surface area contributed by atoms with Crippen LogP contribution in [0.3, 0.4) is 0 Å². The number of hydrogen-bond donors (Lipinski definition) is 1. The van der Waals surface area contributed by atoms with E-state index >= 15 is 0 Å². The van der Waals surface area contributed by atoms with Gasteiger partial charge < -0.3 is 14.8 Å². The molecule has 0 aromatic heterocycles. The Bertz CT molecular complexity index is 979. The summed E-state index contributed by atoms with van der Waals surface area (Å²) in [4.78, 5) is 13.9. The number of ether oxygens (including phenoxy) is 2. The number of thiocarbonyl (C=S) groups is 1. The molecule has 8 heteroatoms. The second-order valence-electron chi connectivity index (χ2n) is 5.96. The lowest BCUT2D eigenvalue weighted by Crippen LogP contribution is -2.31. The van der Waals surface area contributed by atoms with Gasteiger partial charge in [-0.1, -0.05) is 23.7 Å². The van der Waals surface area contributed by atoms with Crippen molar-refractivity contribution in [1.29, 1.82) is 0 Å². The van der Waals surface area contributed by atoms with Crippen LogP contribution in [-0.4, -0.2) is 24.2 Å². The minimum atomic E-state index is -0.533. The van der Waals surface area contributed by atoms with Crippen molar-refractivity contribution in [1.82, 2.24) is 5.32 Å². The summed E-state index contributed by atoms with van der Waals surface area (Å²) >= 11 is 11.5. The van der Waals surface area contributed by atoms with E-state index in [2.05, 4.69) is 5.32 Å². The van der Waals surface area contributed by atoms with Crippen LogP contribution in [0.1, 0.15) is 12.0 Å². The lowest BCUT2D eigenvalue weighted by molar-refractivity contribution is -0.113. The van der Waals surface area contributed by atoms with Crippen molar-refractivity contribution in [3.05, 3.63) is 58.5 Å². The Morgan fingerprint density at radius 3 is 2.81 bits per heavy atom. The van der Waals surface area contributed by atoms with Gasteiger partial charge in [0.15, 0.2) is 16.6 Å². The van der Waals surface area contributed by atoms with E-state index in [1.165, 1.54) is 12.1 Å². The first-order chi connectivity index (χ1) is 13.0. The molecule has 2 aromatic rings. The first kappa shape index (κ1) is 17.8. The van der Waals surface area contributed by atoms with Crippen LogP contribution in [0, 0.1) is 5.82 Å². The van der Waals surface area contributed by atoms with E-state index in [1.54, 1.807) is 30.3 Å². The molecular weight excluding hydrogens is 391 g/mol. The van der Waals surface area contributed by atoms with E-state index in [1.807, 2.05) is 0 Å². The van der Waals surface area contributed by atoms with Crippen LogP contribution < -0.4 is 19.7 Å². The van der Waals surface area contributed by atoms with Crippen molar-refractivity contribution >= 4 is 46.6 Å². The van der Waals surface area contributed by atoms with Crippen LogP contribution >= 0.6 is 23.8 Å². The van der Waals surface area contributed by atoms with Crippen LogP contribution in [0.5, 0.6) is 11.5 Å². The molecule has 2 aromatic carbocycles. The van der Waals surface area contributed by atoms with Gasteiger partial charge in [0.2, 0.25) is 0 Å². The fraction of sp³-hybridized carbons (Fsp3) is 0.158. The quantitative estimate of drug-likeness (QED) is 0.607. The summed E-state index contributed by atoms with van der Waals surface area (Å²) in [6.45, 7) is 1.05. The van der Waals surface area contributed by atoms with E-state index in [-0.39, 0.29) is 16.5 Å². The molecule has 1 saturated heterocycles. The first-order valence-corrected chi connectivity index (χ1v) is 9.04. The summed E-state index contributed by atoms with van der Waals surface area (Å²) in [7, 11) is 0. The number of amides is 1. The predicted octanol–water partition coefficient (Wildman–Crippen LogP) is 3.90. The van der Waals surface area contributed by atoms with E-state index in [0.717, 1.165) is 11.3 Å². The number of benzene rings is 2. The highest BCUT2D eigenvalue weighted by atomic mass is 35.5. The molecule has 2 heterocycles. The molecule has 27 heavy (non-hydrogen) atoms. The molecule has 0 unspecified atom stereocenters. The van der Waals surface area contributed by atoms with Crippen molar-refractivity contribution in [2.45, 2.75) is 6.42 Å². The fourth-order valence-corrected chi connectivity index (χ4v) is 3.45. The van der Waals surface area contributed by atoms with Gasteiger partial charge >= 0.3 is 0 Å². The number of fused-ring (bicyclic) bond motifs is 1. The molecule has 0 radical (unpaired) electrons. The molecule has 2 aliphatic heterocycles. The topological polar surface area (TPSA) is 50.8 Å². The van der Waals surface area contributed by atoms with E-state index < -0.39 is 11.7 Å². The number of carbonyl (C=O) groups is 1. The Morgan fingerprint density at radius 1 is 1.22 bits per heavy atom. The SMILES string of the molecule is O=C1/C(=C\c2cc(Cl)c3c(c2)OCCCO3)NC(=S)N1c1ccccc1F. The lowest BCUT2D eigenvalue weighted by Gasteiger charge is -2.14. The third-order valence-electron chi connectivity index (χ3n) is 4.11. The van der Waals surface area contributed by atoms with Gasteiger partial charge in [-0.15, -0.1) is 0 Å². The summed E-state index contributed by atoms with van der Waals surface area (Å²) in [6.07, 6.45) is 2.35. The number of anilines is 1. The number of para-hydroxylation sites is 1. The summed E-state index contributed by atoms with van der Waals surface area (Å²) in [6, 6.07) is 9.37. The molecular formula is C19H14ClFN2O3S. The summed E-state index contributed by atoms with van der Waals surface area (Å²) in [5.74, 6) is 0.0274. The highest BCUT2D eigenvalue weighted by Gasteiger charge is 2.33. The second-order valence-corrected chi connectivity index (χ2v) is 6.75. The average Bonchev–Trinajstić information content (AvgIpc) is 2.80. The number of carbonyl (C=O) groups excluding carboxylic acids is 1. The smallest absolute Gasteiger partial charge is 0.281 e. The third kappa shape index (κ3) is 3.36. The summed E-state index contributed by atoms with van der Waals surface area (Å²) in [5.41, 5.74) is 0.951. The predicted molar refractivity (Wildman–Crippen MR) is 105 cm³/mol. The van der Waals surface area contributed by atoms with Crippen LogP contribution in [0.15, 0.2) is 42.1 Å². The van der Waals surface area contributed by atoms with Gasteiger partial charge in [0.25, 0.3) is 5.91 Å². The Balaban J connectivity index is 1.68. The number of hydrogen-bond acceptors (Lipinski definition) is 4. The van der Waals surface area contributed by atoms with Gasteiger partial charge in [-0.3, -0.25) is 4.79 Å². The summed E-state index contributed by atoms with van der Waals surface area (Å²) < 4.78 is 25.3. The number of nitrogens with one attached hydrogen (secondary N) is 1. The summed E-state index contributed by atoms with van der Waals surface area (Å²) in [5, 5.41) is 3.32. The van der Waals surface area contributed by atoms with Crippen LogP contribution in [-0.2, 0) is 4.79 Å². The molecule has 0 spiro atoms. The van der Waals surface area contributed by atoms with Gasteiger partial charge in [-0.05, 0) is 48.1 Å². The molecule has 2 aliphatic rings. The van der Waals surface area contributed by atoms with Crippen LogP contribution in [0.25, 0.3) is 6.08 Å². The molecule has 1 amide bonds. The molecule has 5 nitrogen and oxygen atoms in total. The van der Waals surface area contributed by atoms with Crippen molar-refractivity contribution in [3.63, 3.8) is 0 Å². The normalized spacial score (nSPS) is 17.9. The zero-order chi connectivity index (χ0) is 19.0. The standard InChI is InChI=1S/C19H14ClFN2O3S/c20-12-8-11(10-16-17(12)26-7-3-6-25-16)9-14-18(24)23(19(27)22-14)15-5-2-1-4-13(15)21/h1-2,4-5,8-10H,3,6-7H2,(H,22,27)/b14-9+. The molecule has 0 bridgehead atoms. The van der Waals surface area contributed by atoms with Gasteiger partial charge in [-0.2, -0.15) is 0 Å². The molecule has 1 N–H and O–H groups in total. The molecule has 4 rings (SSSR count). The second kappa shape index (κ2) is 7.17. The molecule has 0 saturated carbocycles. The molecule has 138 valence electrons. The van der Waals surface area contributed by atoms with E-state index in [9.17, 15) is 9.18 Å². The third-order valence-corrected chi connectivity index (χ3v) is 4.67. The molecule has 1 fully saturated rings. The monoisotopic (exact) mass is 404 g/mol. The van der Waals surface area contributed by atoms with Gasteiger partial charge in [0, 0.05) is 6.42 Å². The maximum Gasteiger partial charge on any atom is 0.281 e. The number of halogens is 2. The maximum atomic E-state index is 14.1. The zero-order valence-corrected chi connectivity index (χ0v) is 15.6. The van der Waals surface area contributed by atoms with E-state index in [0.29, 0.717) is 35.3 Å². The Morgan fingerprint density at radius 2 is 2.00 bits per heavy atom. The van der Waals surface area contributed by atoms with Crippen LogP contribution in [0.4, 0.5) is 10.1 Å². The zero-order valence-electron chi connectivity index (χ0n) is 14.0. The maximum absolute atomic E-state index is 14.1. The van der Waals surface area contributed by atoms with Gasteiger partial charge in [0.1, 0.15) is 11.5 Å². The first-order valence-electron chi connectivity index (χ1n) is 8.25. The van der Waals surface area contributed by atoms with Crippen LogP contribution in [0.2, 0.25) is 5.02 Å². The molecule has 0 atom stereocenters. The lowest BCUT2D eigenvalue weighted by atomic mass is 10.1. The Kier molecular flexibility index (Phi) is 4.72. The van der Waals surface area contributed by atoms with Crippen molar-refractivity contribution in [3.8, 4) is 11.5 Å². The molecule has 0 aliphatic carbocycles. The fourth-order valence-electron chi connectivity index (χ4n) is 2.89. The highest BCUT2D eigenvalue weighted by Crippen LogP contribution is 2.38. The number of rotatable bonds is 2. The number of nitrogens with zero attached hydrogens (tertiary/aromatic N) is 1. The van der Waals surface area contributed by atoms with Crippen molar-refractivity contribution in [2.24, 2.45) is 0 Å². The Labute approximate surface area is 165 Å².